The van der Waals surface area contributed by atoms with Crippen LogP contribution in [0.15, 0.2) is 17.0 Å². The Balaban J connectivity index is 3.42. The van der Waals surface area contributed by atoms with Crippen LogP contribution in [-0.2, 0) is 14.8 Å². The van der Waals surface area contributed by atoms with Gasteiger partial charge in [0.1, 0.15) is 4.90 Å². The normalized spacial score (nSPS) is 11.6. The van der Waals surface area contributed by atoms with Crippen molar-refractivity contribution in [2.75, 3.05) is 13.6 Å². The average molecular weight is 341 g/mol. The number of hydrogen-bond acceptors (Lipinski definition) is 4. The minimum Gasteiger partial charge on any atom is -0.478 e. The molecule has 0 unspecified atom stereocenters. The zero-order valence-corrected chi connectivity index (χ0v) is 12.5. The molecule has 0 saturated carbocycles. The predicted octanol–water partition coefficient (Wildman–Crippen LogP) is 0.797. The van der Waals surface area contributed by atoms with Crippen LogP contribution in [0.25, 0.3) is 0 Å². The molecule has 0 spiro atoms. The van der Waals surface area contributed by atoms with Gasteiger partial charge >= 0.3 is 5.97 Å². The number of carbonyl (C=O) groups is 2. The van der Waals surface area contributed by atoms with Gasteiger partial charge in [0, 0.05) is 7.05 Å². The number of sulfonamides is 1. The molecule has 1 rings (SSSR count). The van der Waals surface area contributed by atoms with Crippen LogP contribution in [0.5, 0.6) is 0 Å². The van der Waals surface area contributed by atoms with Crippen molar-refractivity contribution < 1.29 is 23.1 Å². The molecule has 0 aliphatic carbocycles. The van der Waals surface area contributed by atoms with Crippen molar-refractivity contribution in [1.82, 2.24) is 4.31 Å². The van der Waals surface area contributed by atoms with E-state index in [1.54, 1.807) is 0 Å². The number of nitrogens with two attached hydrogens (primary N) is 1. The van der Waals surface area contributed by atoms with Crippen LogP contribution >= 0.6 is 23.2 Å². The fourth-order valence-electron chi connectivity index (χ4n) is 1.36. The molecule has 0 heterocycles. The molecule has 0 bridgehead atoms. The minimum atomic E-state index is -4.16. The molecular weight excluding hydrogens is 331 g/mol. The van der Waals surface area contributed by atoms with E-state index in [1.807, 2.05) is 0 Å². The van der Waals surface area contributed by atoms with Crippen molar-refractivity contribution in [3.05, 3.63) is 27.7 Å². The first kappa shape index (κ1) is 16.7. The molecule has 0 atom stereocenters. The van der Waals surface area contributed by atoms with Gasteiger partial charge in [-0.1, -0.05) is 23.2 Å². The Morgan fingerprint density at radius 2 is 1.85 bits per heavy atom. The summed E-state index contributed by atoms with van der Waals surface area (Å²) in [6, 6.07) is 1.84. The molecule has 7 nitrogen and oxygen atoms in total. The van der Waals surface area contributed by atoms with Gasteiger partial charge in [0.05, 0.1) is 22.2 Å². The van der Waals surface area contributed by atoms with Gasteiger partial charge in [-0.15, -0.1) is 0 Å². The Hall–Kier alpha value is -1.35. The number of carboxylic acids is 1. The maximum Gasteiger partial charge on any atom is 0.337 e. The molecule has 20 heavy (non-hydrogen) atoms. The second-order valence-electron chi connectivity index (χ2n) is 3.80. The highest BCUT2D eigenvalue weighted by atomic mass is 35.5. The summed E-state index contributed by atoms with van der Waals surface area (Å²) in [5.74, 6) is -2.26. The summed E-state index contributed by atoms with van der Waals surface area (Å²) in [5, 5.41) is 8.47. The molecule has 110 valence electrons. The molecule has 10 heteroatoms. The maximum absolute atomic E-state index is 12.2. The molecule has 1 aromatic carbocycles. The molecule has 1 aromatic rings. The van der Waals surface area contributed by atoms with E-state index in [4.69, 9.17) is 34.0 Å². The first-order valence-corrected chi connectivity index (χ1v) is 7.24. The topological polar surface area (TPSA) is 118 Å². The molecular formula is C10H10Cl2N2O5S. The Morgan fingerprint density at radius 3 is 2.30 bits per heavy atom. The standard InChI is InChI=1S/C10H10Cl2N2O5S/c1-14(4-9(13)15)20(18,19)8-2-5(10(16)17)6(11)3-7(8)12/h2-3H,4H2,1H3,(H2,13,15)(H,16,17). The quantitative estimate of drug-likeness (QED) is 0.821. The SMILES string of the molecule is CN(CC(N)=O)S(=O)(=O)c1cc(C(=O)O)c(Cl)cc1Cl. The summed E-state index contributed by atoms with van der Waals surface area (Å²) < 4.78 is 25.0. The first-order chi connectivity index (χ1) is 9.07. The van der Waals surface area contributed by atoms with Crippen molar-refractivity contribution in [3.63, 3.8) is 0 Å². The summed E-state index contributed by atoms with van der Waals surface area (Å²) in [6.07, 6.45) is 0. The zero-order chi connectivity index (χ0) is 15.7. The van der Waals surface area contributed by atoms with Gasteiger partial charge in [-0.25, -0.2) is 13.2 Å². The van der Waals surface area contributed by atoms with Gasteiger partial charge < -0.3 is 10.8 Å². The number of primary amides is 1. The van der Waals surface area contributed by atoms with Crippen LogP contribution in [-0.4, -0.2) is 43.3 Å². The van der Waals surface area contributed by atoms with Crippen LogP contribution in [0.2, 0.25) is 10.0 Å². The van der Waals surface area contributed by atoms with Gasteiger partial charge in [-0.2, -0.15) is 4.31 Å². The molecule has 0 aliphatic rings. The van der Waals surface area contributed by atoms with E-state index in [0.29, 0.717) is 4.31 Å². The van der Waals surface area contributed by atoms with Gasteiger partial charge in [0.25, 0.3) is 0 Å². The van der Waals surface area contributed by atoms with Gasteiger partial charge in [-0.05, 0) is 12.1 Å². The van der Waals surface area contributed by atoms with Crippen molar-refractivity contribution in [3.8, 4) is 0 Å². The number of aromatic carboxylic acids is 1. The highest BCUT2D eigenvalue weighted by Gasteiger charge is 2.27. The molecule has 0 aromatic heterocycles. The van der Waals surface area contributed by atoms with Gasteiger partial charge in [0.2, 0.25) is 15.9 Å². The lowest BCUT2D eigenvalue weighted by molar-refractivity contribution is -0.118. The number of benzene rings is 1. The van der Waals surface area contributed by atoms with Crippen LogP contribution in [0.3, 0.4) is 0 Å². The highest BCUT2D eigenvalue weighted by molar-refractivity contribution is 7.89. The summed E-state index contributed by atoms with van der Waals surface area (Å²) >= 11 is 11.4. The van der Waals surface area contributed by atoms with Crippen LogP contribution in [0.4, 0.5) is 0 Å². The van der Waals surface area contributed by atoms with Crippen molar-refractivity contribution in [2.24, 2.45) is 5.73 Å². The molecule has 1 amide bonds. The molecule has 0 radical (unpaired) electrons. The number of rotatable bonds is 5. The maximum atomic E-state index is 12.2. The van der Waals surface area contributed by atoms with Crippen molar-refractivity contribution in [2.45, 2.75) is 4.90 Å². The van der Waals surface area contributed by atoms with Gasteiger partial charge in [0.15, 0.2) is 0 Å². The first-order valence-electron chi connectivity index (χ1n) is 5.04. The number of likely N-dealkylation sites (N-methyl/N-ethyl adjacent to an activating group) is 1. The average Bonchev–Trinajstić information content (AvgIpc) is 2.26. The second kappa shape index (κ2) is 5.96. The third kappa shape index (κ3) is 3.40. The predicted molar refractivity (Wildman–Crippen MR) is 72.4 cm³/mol. The fraction of sp³-hybridized carbons (Fsp3) is 0.200. The molecule has 3 N–H and O–H groups in total. The van der Waals surface area contributed by atoms with E-state index in [-0.39, 0.29) is 10.0 Å². The number of hydrogen-bond donors (Lipinski definition) is 2. The van der Waals surface area contributed by atoms with Crippen LogP contribution in [0.1, 0.15) is 10.4 Å². The lowest BCUT2D eigenvalue weighted by Gasteiger charge is -2.17. The minimum absolute atomic E-state index is 0.195. The Kier molecular flexibility index (Phi) is 4.98. The Morgan fingerprint density at radius 1 is 1.30 bits per heavy atom. The summed E-state index contributed by atoms with van der Waals surface area (Å²) in [6.45, 7) is -0.566. The third-order valence-electron chi connectivity index (χ3n) is 2.32. The summed E-state index contributed by atoms with van der Waals surface area (Å²) in [5.41, 5.74) is 4.50. The van der Waals surface area contributed by atoms with Gasteiger partial charge in [-0.3, -0.25) is 4.79 Å². The second-order valence-corrected chi connectivity index (χ2v) is 6.62. The smallest absolute Gasteiger partial charge is 0.337 e. The number of halogens is 2. The van der Waals surface area contributed by atoms with E-state index in [2.05, 4.69) is 0 Å². The number of nitrogens with zero attached hydrogens (tertiary/aromatic N) is 1. The van der Waals surface area contributed by atoms with E-state index in [1.165, 1.54) is 0 Å². The molecule has 0 saturated heterocycles. The third-order valence-corrected chi connectivity index (χ3v) is 4.90. The summed E-state index contributed by atoms with van der Waals surface area (Å²) in [4.78, 5) is 21.3. The van der Waals surface area contributed by atoms with E-state index < -0.39 is 38.9 Å². The molecule has 0 fully saturated rings. The molecule has 0 aliphatic heterocycles. The lowest BCUT2D eigenvalue weighted by atomic mass is 10.2. The number of amides is 1. The van der Waals surface area contributed by atoms with E-state index in [0.717, 1.165) is 19.2 Å². The van der Waals surface area contributed by atoms with Crippen LogP contribution in [0, 0.1) is 0 Å². The van der Waals surface area contributed by atoms with Crippen molar-refractivity contribution >= 4 is 45.1 Å². The van der Waals surface area contributed by atoms with Crippen LogP contribution < -0.4 is 5.73 Å². The lowest BCUT2D eigenvalue weighted by Crippen LogP contribution is -2.35. The highest BCUT2D eigenvalue weighted by Crippen LogP contribution is 2.30. The monoisotopic (exact) mass is 340 g/mol. The fourth-order valence-corrected chi connectivity index (χ4v) is 3.32. The number of carbonyl (C=O) groups excluding carboxylic acids is 1. The number of carboxylic acid groups (broad SMARTS) is 1. The Bertz CT molecular complexity index is 674. The largest absolute Gasteiger partial charge is 0.478 e. The van der Waals surface area contributed by atoms with Crippen molar-refractivity contribution in [1.29, 1.82) is 0 Å². The van der Waals surface area contributed by atoms with E-state index in [9.17, 15) is 18.0 Å². The summed E-state index contributed by atoms with van der Waals surface area (Å²) in [7, 11) is -3.04. The van der Waals surface area contributed by atoms with E-state index >= 15 is 0 Å². The zero-order valence-electron chi connectivity index (χ0n) is 10.1. The Labute approximate surface area is 124 Å².